The average Bonchev–Trinajstić information content (AvgIpc) is 3.51. The zero-order valence-electron chi connectivity index (χ0n) is 26.3. The van der Waals surface area contributed by atoms with Crippen LogP contribution in [0, 0.1) is 6.92 Å². The van der Waals surface area contributed by atoms with Gasteiger partial charge in [-0.05, 0) is 71.8 Å². The van der Waals surface area contributed by atoms with Crippen LogP contribution in [0.25, 0.3) is 10.8 Å². The number of imidazole rings is 1. The van der Waals surface area contributed by atoms with Gasteiger partial charge in [-0.2, -0.15) is 0 Å². The van der Waals surface area contributed by atoms with Crippen molar-refractivity contribution in [3.05, 3.63) is 159 Å². The number of fused-ring (bicyclic) bond motifs is 1. The fraction of sp³-hybridized carbons (Fsp3) is 0.162. The smallest absolute Gasteiger partial charge is 0.243 e. The number of benzene rings is 5. The van der Waals surface area contributed by atoms with Crippen molar-refractivity contribution in [1.82, 2.24) is 4.57 Å². The molecule has 49 heavy (non-hydrogen) atoms. The van der Waals surface area contributed by atoms with E-state index < -0.39 is 10.1 Å². The summed E-state index contributed by atoms with van der Waals surface area (Å²) in [6.45, 7) is 3.92. The molecule has 6 aromatic rings. The van der Waals surface area contributed by atoms with E-state index in [1.54, 1.807) is 30.3 Å². The number of ether oxygens (including phenoxy) is 2. The lowest BCUT2D eigenvalue weighted by Crippen LogP contribution is -2.35. The topological polar surface area (TPSA) is 84.5 Å². The molecule has 0 fully saturated rings. The Hall–Kier alpha value is -3.60. The summed E-state index contributed by atoms with van der Waals surface area (Å²) in [6.07, 6.45) is 5.71. The molecule has 0 N–H and O–H groups in total. The third-order valence-corrected chi connectivity index (χ3v) is 9.54. The van der Waals surface area contributed by atoms with Gasteiger partial charge >= 0.3 is 0 Å². The number of rotatable bonds is 11. The Balaban J connectivity index is 0.000000363. The van der Waals surface area contributed by atoms with Gasteiger partial charge in [-0.15, -0.1) is 0 Å². The van der Waals surface area contributed by atoms with Crippen molar-refractivity contribution in [2.45, 2.75) is 37.6 Å². The van der Waals surface area contributed by atoms with Crippen molar-refractivity contribution < 1.29 is 27.0 Å². The van der Waals surface area contributed by atoms with E-state index in [0.717, 1.165) is 27.8 Å². The van der Waals surface area contributed by atoms with E-state index in [4.69, 9.17) is 55.9 Å². The zero-order valence-corrected chi connectivity index (χ0v) is 30.1. The van der Waals surface area contributed by atoms with Crippen molar-refractivity contribution in [1.29, 1.82) is 0 Å². The van der Waals surface area contributed by atoms with Crippen LogP contribution in [0.4, 0.5) is 0 Å². The second-order valence-electron chi connectivity index (χ2n) is 11.2. The molecule has 5 aromatic carbocycles. The van der Waals surface area contributed by atoms with E-state index in [9.17, 15) is 13.0 Å². The maximum atomic E-state index is 10.4. The van der Waals surface area contributed by atoms with Gasteiger partial charge in [0.1, 0.15) is 54.1 Å². The summed E-state index contributed by atoms with van der Waals surface area (Å²) < 4.78 is 47.6. The Kier molecular flexibility index (Phi) is 12.6. The van der Waals surface area contributed by atoms with Gasteiger partial charge in [-0.25, -0.2) is 17.6 Å². The number of aryl methyl sites for hydroxylation is 1. The van der Waals surface area contributed by atoms with Crippen LogP contribution >= 0.6 is 46.4 Å². The highest BCUT2D eigenvalue weighted by molar-refractivity contribution is 7.85. The van der Waals surface area contributed by atoms with Crippen molar-refractivity contribution in [2.24, 2.45) is 0 Å². The molecule has 0 amide bonds. The van der Waals surface area contributed by atoms with E-state index >= 15 is 0 Å². The van der Waals surface area contributed by atoms with Gasteiger partial charge in [0.15, 0.2) is 0 Å². The minimum Gasteiger partial charge on any atom is -0.744 e. The van der Waals surface area contributed by atoms with Gasteiger partial charge in [0, 0.05) is 25.7 Å². The van der Waals surface area contributed by atoms with Crippen molar-refractivity contribution >= 4 is 67.3 Å². The number of halogens is 4. The molecule has 0 radical (unpaired) electrons. The molecule has 7 nitrogen and oxygen atoms in total. The normalized spacial score (nSPS) is 12.0. The van der Waals surface area contributed by atoms with Crippen LogP contribution in [-0.4, -0.2) is 24.1 Å². The van der Waals surface area contributed by atoms with Crippen LogP contribution in [-0.2, 0) is 34.6 Å². The fourth-order valence-corrected chi connectivity index (χ4v) is 6.40. The van der Waals surface area contributed by atoms with Crippen LogP contribution in [0.3, 0.4) is 0 Å². The minimum atomic E-state index is -4.27. The maximum absolute atomic E-state index is 10.4. The molecule has 12 heteroatoms. The molecule has 1 heterocycles. The molecule has 0 bridgehead atoms. The number of hydrogen-bond donors (Lipinski definition) is 0. The first-order valence-electron chi connectivity index (χ1n) is 15.1. The van der Waals surface area contributed by atoms with Crippen LogP contribution in [0.15, 0.2) is 127 Å². The van der Waals surface area contributed by atoms with E-state index in [1.165, 1.54) is 17.5 Å². The van der Waals surface area contributed by atoms with Crippen LogP contribution in [0.5, 0.6) is 5.75 Å². The Morgan fingerprint density at radius 1 is 0.816 bits per heavy atom. The first-order valence-corrected chi connectivity index (χ1v) is 18.1. The molecule has 0 aliphatic carbocycles. The molecule has 1 atom stereocenters. The second-order valence-corrected chi connectivity index (χ2v) is 14.2. The monoisotopic (exact) mass is 756 g/mol. The molecule has 254 valence electrons. The van der Waals surface area contributed by atoms with Gasteiger partial charge < -0.3 is 14.0 Å². The highest BCUT2D eigenvalue weighted by Gasteiger charge is 2.21. The Labute approximate surface area is 305 Å². The van der Waals surface area contributed by atoms with Gasteiger partial charge in [0.2, 0.25) is 6.33 Å². The predicted molar refractivity (Wildman–Crippen MR) is 194 cm³/mol. The standard InChI is InChI=1S/C30H25Cl4N2O2.C7H8O3S/c31-24-7-5-23(28(33)16-24)19-38-30(27-10-8-25(32)17-29(27)34)18-36-12-11-35(20-36)13-14-37-26-9-6-21-3-1-2-4-22(21)15-26;1-6-2-4-7(5-3-6)11(8,9)10/h1-12,15-17,20,30H,13-14,18-19H2;2-5H,1H3,(H,8,9,10)/q+1;/p-1. The molecular formula is C37H32Cl4N2O5S. The van der Waals surface area contributed by atoms with Crippen LogP contribution in [0.1, 0.15) is 22.8 Å². The first kappa shape index (κ1) is 36.7. The Bertz CT molecular complexity index is 2140. The zero-order chi connectivity index (χ0) is 35.0. The molecule has 0 spiro atoms. The van der Waals surface area contributed by atoms with Gasteiger partial charge in [0.05, 0.1) is 11.5 Å². The summed E-state index contributed by atoms with van der Waals surface area (Å²) in [5.41, 5.74) is 2.62. The van der Waals surface area contributed by atoms with Gasteiger partial charge in [0.25, 0.3) is 0 Å². The maximum Gasteiger partial charge on any atom is 0.243 e. The fourth-order valence-electron chi connectivity index (χ4n) is 4.93. The molecule has 0 aliphatic heterocycles. The van der Waals surface area contributed by atoms with E-state index in [1.807, 2.05) is 62.0 Å². The number of hydrogen-bond acceptors (Lipinski definition) is 5. The quantitative estimate of drug-likeness (QED) is 0.0972. The van der Waals surface area contributed by atoms with Gasteiger partial charge in [-0.1, -0.05) is 107 Å². The van der Waals surface area contributed by atoms with Crippen LogP contribution < -0.4 is 9.30 Å². The van der Waals surface area contributed by atoms with Crippen molar-refractivity contribution in [3.8, 4) is 5.75 Å². The molecule has 1 unspecified atom stereocenters. The Morgan fingerprint density at radius 3 is 2.20 bits per heavy atom. The molecule has 6 rings (SSSR count). The summed E-state index contributed by atoms with van der Waals surface area (Å²) >= 11 is 25.1. The minimum absolute atomic E-state index is 0.178. The average molecular weight is 759 g/mol. The summed E-state index contributed by atoms with van der Waals surface area (Å²) in [7, 11) is -4.27. The molecule has 1 aromatic heterocycles. The molecular weight excluding hydrogens is 726 g/mol. The first-order chi connectivity index (χ1) is 23.4. The second kappa shape index (κ2) is 16.9. The summed E-state index contributed by atoms with van der Waals surface area (Å²) in [5.74, 6) is 0.857. The van der Waals surface area contributed by atoms with Crippen LogP contribution in [0.2, 0.25) is 20.1 Å². The Morgan fingerprint density at radius 2 is 1.51 bits per heavy atom. The summed E-state index contributed by atoms with van der Waals surface area (Å²) in [5, 5.41) is 4.62. The highest BCUT2D eigenvalue weighted by atomic mass is 35.5. The SMILES string of the molecule is Cc1ccc(S(=O)(=O)[O-])cc1.Clc1ccc(COC(C[n+]2ccn(CCOc3ccc4ccccc4c3)c2)c2ccc(Cl)cc2Cl)c(Cl)c1. The van der Waals surface area contributed by atoms with E-state index in [-0.39, 0.29) is 11.0 Å². The lowest BCUT2D eigenvalue weighted by atomic mass is 10.1. The van der Waals surface area contributed by atoms with E-state index in [2.05, 4.69) is 33.4 Å². The molecule has 0 saturated carbocycles. The third kappa shape index (κ3) is 10.7. The number of aromatic nitrogens is 2. The van der Waals surface area contributed by atoms with Crippen molar-refractivity contribution in [2.75, 3.05) is 6.61 Å². The third-order valence-electron chi connectivity index (χ3n) is 7.54. The summed E-state index contributed by atoms with van der Waals surface area (Å²) in [4.78, 5) is -0.178. The lowest BCUT2D eigenvalue weighted by Gasteiger charge is -2.19. The lowest BCUT2D eigenvalue weighted by molar-refractivity contribution is -0.704. The molecule has 0 aliphatic rings. The van der Waals surface area contributed by atoms with Crippen molar-refractivity contribution in [3.63, 3.8) is 0 Å². The van der Waals surface area contributed by atoms with Gasteiger partial charge in [-0.3, -0.25) is 0 Å². The predicted octanol–water partition coefficient (Wildman–Crippen LogP) is 9.48. The molecule has 0 saturated heterocycles. The van der Waals surface area contributed by atoms with E-state index in [0.29, 0.717) is 46.4 Å². The highest BCUT2D eigenvalue weighted by Crippen LogP contribution is 2.31. The largest absolute Gasteiger partial charge is 0.744 e. The summed E-state index contributed by atoms with van der Waals surface area (Å²) in [6, 6.07) is 31.0. The number of nitrogens with zero attached hydrogens (tertiary/aromatic N) is 2.